The third-order valence-corrected chi connectivity index (χ3v) is 10.4. The molecule has 198 valence electrons. The van der Waals surface area contributed by atoms with Gasteiger partial charge < -0.3 is 33.9 Å². The minimum Gasteiger partial charge on any atom is -0.504 e. The maximum Gasteiger partial charge on any atom is 0.340 e. The maximum atomic E-state index is 14.3. The number of epoxide rings is 1. The second-order valence-electron chi connectivity index (χ2n) is 12.3. The van der Waals surface area contributed by atoms with Crippen molar-refractivity contribution in [2.75, 3.05) is 6.61 Å². The van der Waals surface area contributed by atoms with E-state index in [-0.39, 0.29) is 18.6 Å². The van der Waals surface area contributed by atoms with Gasteiger partial charge >= 0.3 is 17.9 Å². The maximum absolute atomic E-state index is 14.3. The van der Waals surface area contributed by atoms with Crippen LogP contribution in [0.1, 0.15) is 47.0 Å². The molecule has 0 bridgehead atoms. The average Bonchev–Trinajstić information content (AvgIpc) is 3.44. The molecule has 7 rings (SSSR count). The van der Waals surface area contributed by atoms with Gasteiger partial charge in [-0.1, -0.05) is 6.92 Å². The molecule has 0 aromatic heterocycles. The van der Waals surface area contributed by atoms with Crippen molar-refractivity contribution in [2.24, 2.45) is 22.2 Å². The molecule has 0 radical (unpaired) electrons. The summed E-state index contributed by atoms with van der Waals surface area (Å²) < 4.78 is 28.7. The number of hydrogen-bond donors (Lipinski definition) is 2. The fraction of sp³-hybridized carbons (Fsp3) is 0.692. The first-order valence-corrected chi connectivity index (χ1v) is 12.6. The number of hydrogen-bond acceptors (Lipinski definition) is 11. The molecule has 2 spiro atoms. The van der Waals surface area contributed by atoms with Crippen molar-refractivity contribution in [1.82, 2.24) is 0 Å². The summed E-state index contributed by atoms with van der Waals surface area (Å²) in [5, 5.41) is 21.4. The van der Waals surface area contributed by atoms with Crippen molar-refractivity contribution < 1.29 is 53.1 Å². The second kappa shape index (κ2) is 6.44. The van der Waals surface area contributed by atoms with Gasteiger partial charge in [0.1, 0.15) is 18.3 Å². The molecule has 4 saturated heterocycles. The van der Waals surface area contributed by atoms with E-state index in [1.807, 2.05) is 0 Å². The van der Waals surface area contributed by atoms with Crippen molar-refractivity contribution >= 4 is 23.7 Å². The third-order valence-electron chi connectivity index (χ3n) is 10.4. The molecular weight excluding hydrogens is 488 g/mol. The molecule has 11 nitrogen and oxygen atoms in total. The normalized spacial score (nSPS) is 51.1. The van der Waals surface area contributed by atoms with E-state index in [4.69, 9.17) is 23.7 Å². The van der Waals surface area contributed by atoms with Crippen LogP contribution in [0.25, 0.3) is 0 Å². The summed E-state index contributed by atoms with van der Waals surface area (Å²) in [5.74, 6) is -3.49. The average molecular weight is 516 g/mol. The summed E-state index contributed by atoms with van der Waals surface area (Å²) in [6.07, 6.45) is -2.34. The minimum absolute atomic E-state index is 0.00425. The van der Waals surface area contributed by atoms with Crippen LogP contribution in [0.4, 0.5) is 0 Å². The highest BCUT2D eigenvalue weighted by atomic mass is 16.7. The highest BCUT2D eigenvalue weighted by Gasteiger charge is 2.90. The van der Waals surface area contributed by atoms with Crippen LogP contribution < -0.4 is 0 Å². The van der Waals surface area contributed by atoms with Crippen LogP contribution in [-0.2, 0) is 42.9 Å². The predicted molar refractivity (Wildman–Crippen MR) is 118 cm³/mol. The van der Waals surface area contributed by atoms with E-state index in [0.29, 0.717) is 18.4 Å². The summed E-state index contributed by atoms with van der Waals surface area (Å²) in [6.45, 7) is 6.96. The first-order chi connectivity index (χ1) is 17.3. The zero-order valence-corrected chi connectivity index (χ0v) is 20.9. The van der Waals surface area contributed by atoms with Crippen molar-refractivity contribution in [3.05, 3.63) is 23.0 Å². The number of carbonyl (C=O) groups is 4. The molecule has 7 aliphatic rings. The number of carbonyl (C=O) groups excluding carboxylic acids is 4. The largest absolute Gasteiger partial charge is 0.504 e. The number of ketones is 1. The number of aliphatic hydroxyl groups is 2. The summed E-state index contributed by atoms with van der Waals surface area (Å²) in [5.41, 5.74) is -5.52. The van der Waals surface area contributed by atoms with Crippen molar-refractivity contribution in [3.63, 3.8) is 0 Å². The lowest BCUT2D eigenvalue weighted by molar-refractivity contribution is -0.207. The van der Waals surface area contributed by atoms with E-state index in [1.54, 1.807) is 27.7 Å². The van der Waals surface area contributed by atoms with Crippen LogP contribution >= 0.6 is 0 Å². The Balaban J connectivity index is 1.44. The fourth-order valence-corrected chi connectivity index (χ4v) is 9.14. The summed E-state index contributed by atoms with van der Waals surface area (Å²) in [6, 6.07) is 0. The molecule has 5 aliphatic heterocycles. The Bertz CT molecular complexity index is 1280. The van der Waals surface area contributed by atoms with Gasteiger partial charge in [0.2, 0.25) is 12.1 Å². The van der Waals surface area contributed by atoms with Crippen LogP contribution in [0.3, 0.4) is 0 Å². The number of rotatable bonds is 1. The van der Waals surface area contributed by atoms with Gasteiger partial charge in [0, 0.05) is 11.0 Å². The van der Waals surface area contributed by atoms with Gasteiger partial charge in [0.05, 0.1) is 34.5 Å². The van der Waals surface area contributed by atoms with Crippen LogP contribution in [0.15, 0.2) is 23.0 Å². The number of Topliss-reactive ketones (excluding diaryl/α,β-unsaturated/α-hetero) is 1. The lowest BCUT2D eigenvalue weighted by atomic mass is 9.39. The summed E-state index contributed by atoms with van der Waals surface area (Å²) in [7, 11) is 0. The summed E-state index contributed by atoms with van der Waals surface area (Å²) >= 11 is 0. The standard InChI is InChI=1S/C26H28O11/c1-22(2)16-15(29)17(30)24(4)11(25(16)9-33-13(27)8-12(25)36-22)5-6-23(3)18(10-7-14(28)34-20(10)31)35-21(32)19-26(23,24)37-19/h7,11-12,14,18-19,28-29H,5-6,8-9H2,1-4H3. The minimum atomic E-state index is -1.47. The smallest absolute Gasteiger partial charge is 0.340 e. The van der Waals surface area contributed by atoms with Gasteiger partial charge in [0.15, 0.2) is 11.9 Å². The van der Waals surface area contributed by atoms with E-state index in [1.165, 1.54) is 6.08 Å². The van der Waals surface area contributed by atoms with Gasteiger partial charge in [-0.3, -0.25) is 9.59 Å². The van der Waals surface area contributed by atoms with Crippen molar-refractivity contribution in [3.8, 4) is 0 Å². The molecule has 1 saturated carbocycles. The quantitative estimate of drug-likeness (QED) is 0.288. The van der Waals surface area contributed by atoms with E-state index < -0.39 is 87.4 Å². The van der Waals surface area contributed by atoms with Gasteiger partial charge in [-0.05, 0) is 45.6 Å². The topological polar surface area (TPSA) is 158 Å². The molecule has 0 aromatic rings. The summed E-state index contributed by atoms with van der Waals surface area (Å²) in [4.78, 5) is 52.3. The molecule has 0 amide bonds. The number of esters is 3. The van der Waals surface area contributed by atoms with Crippen LogP contribution in [0.5, 0.6) is 0 Å². The van der Waals surface area contributed by atoms with Crippen LogP contribution in [0.2, 0.25) is 0 Å². The monoisotopic (exact) mass is 516 g/mol. The fourth-order valence-electron chi connectivity index (χ4n) is 9.14. The van der Waals surface area contributed by atoms with Gasteiger partial charge in [0.25, 0.3) is 0 Å². The molecule has 5 heterocycles. The highest BCUT2D eigenvalue weighted by molar-refractivity contribution is 6.04. The van der Waals surface area contributed by atoms with Crippen molar-refractivity contribution in [1.29, 1.82) is 0 Å². The molecule has 5 fully saturated rings. The SMILES string of the molecule is CC1(C)OC2CC(=O)OCC23C1=C(O)C(=O)C1(C)C3CCC2(C)C(C3=CC(O)OC3=O)OC(=O)C3OC321. The molecular formula is C26H28O11. The van der Waals surface area contributed by atoms with Gasteiger partial charge in [-0.2, -0.15) is 0 Å². The molecule has 2 aliphatic carbocycles. The first-order valence-electron chi connectivity index (χ1n) is 12.6. The number of fused-ring (bicyclic) bond motifs is 1. The molecule has 37 heavy (non-hydrogen) atoms. The Morgan fingerprint density at radius 3 is 2.41 bits per heavy atom. The Kier molecular flexibility index (Phi) is 4.07. The van der Waals surface area contributed by atoms with E-state index in [2.05, 4.69) is 0 Å². The van der Waals surface area contributed by atoms with Gasteiger partial charge in [-0.25, -0.2) is 9.59 Å². The lowest BCUT2D eigenvalue weighted by Gasteiger charge is -2.63. The number of cyclic esters (lactones) is 3. The highest BCUT2D eigenvalue weighted by Crippen LogP contribution is 2.78. The molecule has 11 heteroatoms. The number of aliphatic hydroxyl groups excluding tert-OH is 2. The Hall–Kier alpha value is -2.76. The Labute approximate surface area is 211 Å². The van der Waals surface area contributed by atoms with Crippen LogP contribution in [-0.4, -0.2) is 76.3 Å². The zero-order valence-electron chi connectivity index (χ0n) is 20.9. The van der Waals surface area contributed by atoms with Gasteiger partial charge in [-0.15, -0.1) is 0 Å². The van der Waals surface area contributed by atoms with E-state index >= 15 is 0 Å². The Morgan fingerprint density at radius 1 is 1.00 bits per heavy atom. The molecule has 2 N–H and O–H groups in total. The van der Waals surface area contributed by atoms with E-state index in [0.717, 1.165) is 0 Å². The lowest BCUT2D eigenvalue weighted by Crippen LogP contribution is -2.73. The van der Waals surface area contributed by atoms with Crippen molar-refractivity contribution in [2.45, 2.75) is 82.8 Å². The van der Waals surface area contributed by atoms with Crippen LogP contribution in [0, 0.1) is 22.2 Å². The zero-order chi connectivity index (χ0) is 26.5. The Morgan fingerprint density at radius 2 is 1.73 bits per heavy atom. The molecule has 0 aromatic carbocycles. The predicted octanol–water partition coefficient (Wildman–Crippen LogP) is 0.779. The number of allylic oxidation sites excluding steroid dienone is 1. The third kappa shape index (κ3) is 2.28. The second-order valence-corrected chi connectivity index (χ2v) is 12.3. The first kappa shape index (κ1) is 23.4. The number of ether oxygens (including phenoxy) is 5. The van der Waals surface area contributed by atoms with E-state index in [9.17, 15) is 29.4 Å². The molecule has 9 atom stereocenters. The molecule has 9 unspecified atom stereocenters.